The number of H-pyrrole nitrogens is 2. The molecule has 1 amide bonds. The van der Waals surface area contributed by atoms with Gasteiger partial charge in [0.05, 0.1) is 29.0 Å². The standard InChI is InChI=1S/C29H24FN7O2/c1-15(2)5-26(39)34-20-7-17(12-31-14-20)18-9-23-28(36-37-29(23)33-13-18)25-11-22-24(35-25)3-4-32-27(22)16-6-19(30)10-21(38)8-16/h3-4,6-15,35,38H,5H2,1-2H3,(H,34,39)(H,33,36,37). The first-order valence-electron chi connectivity index (χ1n) is 12.4. The van der Waals surface area contributed by atoms with Crippen molar-refractivity contribution in [2.45, 2.75) is 20.3 Å². The van der Waals surface area contributed by atoms with Crippen LogP contribution in [-0.4, -0.2) is 41.1 Å². The fourth-order valence-corrected chi connectivity index (χ4v) is 4.64. The Bertz CT molecular complexity index is 1840. The van der Waals surface area contributed by atoms with Crippen LogP contribution in [0.4, 0.5) is 10.1 Å². The van der Waals surface area contributed by atoms with Crippen molar-refractivity contribution in [3.63, 3.8) is 0 Å². The molecule has 5 aromatic heterocycles. The fourth-order valence-electron chi connectivity index (χ4n) is 4.64. The molecule has 0 saturated heterocycles. The summed E-state index contributed by atoms with van der Waals surface area (Å²) in [4.78, 5) is 28.9. The minimum absolute atomic E-state index is 0.0595. The van der Waals surface area contributed by atoms with Gasteiger partial charge in [0, 0.05) is 64.1 Å². The first-order valence-corrected chi connectivity index (χ1v) is 12.4. The first kappa shape index (κ1) is 24.2. The van der Waals surface area contributed by atoms with Gasteiger partial charge in [-0.2, -0.15) is 5.10 Å². The average molecular weight is 522 g/mol. The van der Waals surface area contributed by atoms with Gasteiger partial charge in [0.15, 0.2) is 5.65 Å². The molecule has 4 N–H and O–H groups in total. The Hall–Kier alpha value is -5.12. The number of anilines is 1. The second-order valence-corrected chi connectivity index (χ2v) is 9.80. The molecule has 0 unspecified atom stereocenters. The van der Waals surface area contributed by atoms with Crippen molar-refractivity contribution in [2.24, 2.45) is 5.92 Å². The Morgan fingerprint density at radius 2 is 1.85 bits per heavy atom. The SMILES string of the molecule is CC(C)CC(=O)Nc1cncc(-c2cnc3n[nH]c(-c4cc5c(-c6cc(O)cc(F)c6)nccc5[nH]4)c3c2)c1. The van der Waals surface area contributed by atoms with Gasteiger partial charge in [0.2, 0.25) is 5.91 Å². The number of rotatable bonds is 6. The number of hydrogen-bond acceptors (Lipinski definition) is 6. The van der Waals surface area contributed by atoms with Crippen molar-refractivity contribution >= 4 is 33.5 Å². The number of carbonyl (C=O) groups is 1. The molecule has 10 heteroatoms. The highest BCUT2D eigenvalue weighted by atomic mass is 19.1. The van der Waals surface area contributed by atoms with E-state index in [1.165, 1.54) is 12.1 Å². The van der Waals surface area contributed by atoms with E-state index in [0.717, 1.165) is 44.9 Å². The summed E-state index contributed by atoms with van der Waals surface area (Å²) < 4.78 is 14.0. The van der Waals surface area contributed by atoms with Crippen LogP contribution in [0, 0.1) is 11.7 Å². The Labute approximate surface area is 222 Å². The minimum Gasteiger partial charge on any atom is -0.508 e. The summed E-state index contributed by atoms with van der Waals surface area (Å²) in [5.74, 6) is -0.521. The largest absolute Gasteiger partial charge is 0.508 e. The number of phenols is 1. The van der Waals surface area contributed by atoms with Gasteiger partial charge < -0.3 is 15.4 Å². The number of nitrogens with one attached hydrogen (secondary N) is 3. The van der Waals surface area contributed by atoms with Crippen LogP contribution in [-0.2, 0) is 4.79 Å². The Morgan fingerprint density at radius 1 is 1.00 bits per heavy atom. The van der Waals surface area contributed by atoms with E-state index in [-0.39, 0.29) is 17.6 Å². The molecule has 0 bridgehead atoms. The molecular weight excluding hydrogens is 497 g/mol. The van der Waals surface area contributed by atoms with Gasteiger partial charge in [-0.1, -0.05) is 13.8 Å². The second kappa shape index (κ2) is 9.64. The lowest BCUT2D eigenvalue weighted by Crippen LogP contribution is -2.13. The van der Waals surface area contributed by atoms with Crippen LogP contribution < -0.4 is 5.32 Å². The third-order valence-electron chi connectivity index (χ3n) is 6.33. The van der Waals surface area contributed by atoms with Crippen LogP contribution in [0.3, 0.4) is 0 Å². The van der Waals surface area contributed by atoms with Crippen LogP contribution in [0.2, 0.25) is 0 Å². The highest BCUT2D eigenvalue weighted by Gasteiger charge is 2.16. The molecule has 0 aliphatic heterocycles. The molecule has 0 saturated carbocycles. The highest BCUT2D eigenvalue weighted by molar-refractivity contribution is 6.00. The predicted molar refractivity (Wildman–Crippen MR) is 147 cm³/mol. The van der Waals surface area contributed by atoms with Crippen molar-refractivity contribution in [1.29, 1.82) is 0 Å². The lowest BCUT2D eigenvalue weighted by molar-refractivity contribution is -0.116. The first-order chi connectivity index (χ1) is 18.8. The number of aromatic hydroxyl groups is 1. The van der Waals surface area contributed by atoms with E-state index in [0.29, 0.717) is 29.0 Å². The Balaban J connectivity index is 1.39. The maximum Gasteiger partial charge on any atom is 0.224 e. The van der Waals surface area contributed by atoms with Gasteiger partial charge in [-0.05, 0) is 42.3 Å². The molecule has 39 heavy (non-hydrogen) atoms. The van der Waals surface area contributed by atoms with Crippen molar-refractivity contribution < 1.29 is 14.3 Å². The number of fused-ring (bicyclic) bond motifs is 2. The topological polar surface area (TPSA) is 132 Å². The molecule has 0 aliphatic rings. The van der Waals surface area contributed by atoms with Crippen LogP contribution >= 0.6 is 0 Å². The van der Waals surface area contributed by atoms with Gasteiger partial charge in [-0.25, -0.2) is 9.37 Å². The molecule has 194 valence electrons. The molecule has 0 atom stereocenters. The van der Waals surface area contributed by atoms with Gasteiger partial charge in [0.1, 0.15) is 11.6 Å². The molecule has 6 rings (SSSR count). The maximum atomic E-state index is 14.0. The van der Waals surface area contributed by atoms with Gasteiger partial charge >= 0.3 is 0 Å². The van der Waals surface area contributed by atoms with E-state index in [4.69, 9.17) is 0 Å². The minimum atomic E-state index is -0.546. The summed E-state index contributed by atoms with van der Waals surface area (Å²) in [6.07, 6.45) is 7.11. The number of phenolic OH excluding ortho intramolecular Hbond substituents is 1. The summed E-state index contributed by atoms with van der Waals surface area (Å²) >= 11 is 0. The van der Waals surface area contributed by atoms with E-state index in [1.807, 2.05) is 38.1 Å². The van der Waals surface area contributed by atoms with Crippen molar-refractivity contribution in [1.82, 2.24) is 30.1 Å². The Morgan fingerprint density at radius 3 is 2.67 bits per heavy atom. The summed E-state index contributed by atoms with van der Waals surface area (Å²) in [6, 6.07) is 11.4. The number of aromatic nitrogens is 6. The molecular formula is C29H24FN7O2. The number of carbonyl (C=O) groups excluding carboxylic acids is 1. The molecule has 6 aromatic rings. The molecule has 9 nitrogen and oxygen atoms in total. The third-order valence-corrected chi connectivity index (χ3v) is 6.33. The van der Waals surface area contributed by atoms with Crippen molar-refractivity contribution in [3.8, 4) is 39.5 Å². The zero-order valence-electron chi connectivity index (χ0n) is 21.2. The van der Waals surface area contributed by atoms with Crippen LogP contribution in [0.5, 0.6) is 5.75 Å². The quantitative estimate of drug-likeness (QED) is 0.211. The summed E-state index contributed by atoms with van der Waals surface area (Å²) in [6.45, 7) is 3.99. The molecule has 5 heterocycles. The molecule has 1 aromatic carbocycles. The normalized spacial score (nSPS) is 11.5. The summed E-state index contributed by atoms with van der Waals surface area (Å²) in [7, 11) is 0. The zero-order chi connectivity index (χ0) is 27.1. The van der Waals surface area contributed by atoms with Crippen LogP contribution in [0.1, 0.15) is 20.3 Å². The van der Waals surface area contributed by atoms with Crippen molar-refractivity contribution in [2.75, 3.05) is 5.32 Å². The van der Waals surface area contributed by atoms with E-state index < -0.39 is 5.82 Å². The monoisotopic (exact) mass is 521 g/mol. The van der Waals surface area contributed by atoms with E-state index in [1.54, 1.807) is 24.8 Å². The average Bonchev–Trinajstić information content (AvgIpc) is 3.51. The van der Waals surface area contributed by atoms with Crippen molar-refractivity contribution in [3.05, 3.63) is 73.1 Å². The molecule has 0 radical (unpaired) electrons. The maximum absolute atomic E-state index is 14.0. The van der Waals surface area contributed by atoms with E-state index in [2.05, 4.69) is 35.5 Å². The molecule has 0 fully saturated rings. The van der Waals surface area contributed by atoms with E-state index >= 15 is 0 Å². The number of aromatic amines is 2. The van der Waals surface area contributed by atoms with Crippen LogP contribution in [0.15, 0.2) is 67.3 Å². The predicted octanol–water partition coefficient (Wildman–Crippen LogP) is 6.06. The lowest BCUT2D eigenvalue weighted by atomic mass is 10.1. The Kier molecular flexibility index (Phi) is 5.99. The number of halogens is 1. The zero-order valence-corrected chi connectivity index (χ0v) is 21.2. The smallest absolute Gasteiger partial charge is 0.224 e. The fraction of sp³-hybridized carbons (Fsp3) is 0.138. The number of benzene rings is 1. The lowest BCUT2D eigenvalue weighted by Gasteiger charge is -2.08. The number of pyridine rings is 3. The molecule has 0 spiro atoms. The second-order valence-electron chi connectivity index (χ2n) is 9.80. The third kappa shape index (κ3) is 4.79. The molecule has 0 aliphatic carbocycles. The summed E-state index contributed by atoms with van der Waals surface area (Å²) in [5, 5.41) is 21.8. The summed E-state index contributed by atoms with van der Waals surface area (Å²) in [5.41, 5.74) is 6.02. The number of nitrogens with zero attached hydrogens (tertiary/aromatic N) is 4. The highest BCUT2D eigenvalue weighted by Crippen LogP contribution is 2.35. The van der Waals surface area contributed by atoms with E-state index in [9.17, 15) is 14.3 Å². The van der Waals surface area contributed by atoms with Gasteiger partial charge in [-0.3, -0.25) is 19.9 Å². The van der Waals surface area contributed by atoms with Gasteiger partial charge in [-0.15, -0.1) is 0 Å². The van der Waals surface area contributed by atoms with Crippen LogP contribution in [0.25, 0.3) is 55.7 Å². The number of amides is 1. The number of hydrogen-bond donors (Lipinski definition) is 4. The van der Waals surface area contributed by atoms with Gasteiger partial charge in [0.25, 0.3) is 0 Å².